The minimum Gasteiger partial charge on any atom is -0.207 e. The molecule has 2 aromatic carbocycles. The Morgan fingerprint density at radius 3 is 2.47 bits per heavy atom. The summed E-state index contributed by atoms with van der Waals surface area (Å²) >= 11 is 0. The van der Waals surface area contributed by atoms with Crippen LogP contribution in [0.25, 0.3) is 11.1 Å². The van der Waals surface area contributed by atoms with Crippen LogP contribution in [0.3, 0.4) is 0 Å². The number of nitrogens with zero attached hydrogens (tertiary/aromatic N) is 1. The van der Waals surface area contributed by atoms with Crippen molar-refractivity contribution < 1.29 is 8.78 Å². The van der Waals surface area contributed by atoms with Crippen LogP contribution < -0.4 is 0 Å². The number of nitriles is 1. The van der Waals surface area contributed by atoms with E-state index in [1.54, 1.807) is 6.07 Å². The first-order valence-corrected chi connectivity index (χ1v) is 6.12. The summed E-state index contributed by atoms with van der Waals surface area (Å²) in [7, 11) is 0. The van der Waals surface area contributed by atoms with Gasteiger partial charge in [0.05, 0.1) is 11.5 Å². The highest BCUT2D eigenvalue weighted by Crippen LogP contribution is 2.48. The Morgan fingerprint density at radius 1 is 1.05 bits per heavy atom. The van der Waals surface area contributed by atoms with Crippen molar-refractivity contribution >= 4 is 0 Å². The molecule has 0 aliphatic heterocycles. The zero-order valence-electron chi connectivity index (χ0n) is 10.2. The molecule has 1 aliphatic carbocycles. The van der Waals surface area contributed by atoms with Crippen LogP contribution in [-0.4, -0.2) is 0 Å². The molecule has 0 heterocycles. The standard InChI is InChI=1S/C16H11F2N/c17-13-4-5-14(15(18)9-13)11-2-1-3-12(8-11)16(10-19)6-7-16/h1-5,8-9H,6-7H2. The van der Waals surface area contributed by atoms with Crippen LogP contribution in [-0.2, 0) is 5.41 Å². The van der Waals surface area contributed by atoms with E-state index in [9.17, 15) is 14.0 Å². The third kappa shape index (κ3) is 2.00. The molecule has 1 fully saturated rings. The quantitative estimate of drug-likeness (QED) is 0.789. The lowest BCUT2D eigenvalue weighted by Crippen LogP contribution is -2.02. The van der Waals surface area contributed by atoms with Crippen LogP contribution >= 0.6 is 0 Å². The van der Waals surface area contributed by atoms with E-state index in [1.807, 2.05) is 18.2 Å². The Morgan fingerprint density at radius 2 is 1.84 bits per heavy atom. The van der Waals surface area contributed by atoms with E-state index in [0.29, 0.717) is 11.1 Å². The Labute approximate surface area is 110 Å². The average molecular weight is 255 g/mol. The van der Waals surface area contributed by atoms with Crippen LogP contribution in [0, 0.1) is 23.0 Å². The fourth-order valence-electron chi connectivity index (χ4n) is 2.30. The van der Waals surface area contributed by atoms with Crippen molar-refractivity contribution in [1.29, 1.82) is 5.26 Å². The van der Waals surface area contributed by atoms with Gasteiger partial charge in [-0.25, -0.2) is 8.78 Å². The smallest absolute Gasteiger partial charge is 0.133 e. The highest BCUT2D eigenvalue weighted by molar-refractivity contribution is 5.66. The van der Waals surface area contributed by atoms with Gasteiger partial charge in [0.1, 0.15) is 11.6 Å². The molecule has 0 unspecified atom stereocenters. The maximum atomic E-state index is 13.8. The predicted molar refractivity (Wildman–Crippen MR) is 68.3 cm³/mol. The molecule has 1 saturated carbocycles. The Hall–Kier alpha value is -2.21. The monoisotopic (exact) mass is 255 g/mol. The first kappa shape index (κ1) is 11.9. The van der Waals surface area contributed by atoms with Gasteiger partial charge in [0.15, 0.2) is 0 Å². The molecule has 0 amide bonds. The first-order valence-electron chi connectivity index (χ1n) is 6.12. The molecule has 3 rings (SSSR count). The van der Waals surface area contributed by atoms with Crippen molar-refractivity contribution in [3.8, 4) is 17.2 Å². The second kappa shape index (κ2) is 4.17. The van der Waals surface area contributed by atoms with Crippen molar-refractivity contribution in [2.45, 2.75) is 18.3 Å². The van der Waals surface area contributed by atoms with Crippen molar-refractivity contribution in [2.75, 3.05) is 0 Å². The minimum absolute atomic E-state index is 0.358. The molecule has 1 aliphatic rings. The van der Waals surface area contributed by atoms with Crippen LogP contribution in [0.1, 0.15) is 18.4 Å². The van der Waals surface area contributed by atoms with Gasteiger partial charge in [-0.15, -0.1) is 0 Å². The summed E-state index contributed by atoms with van der Waals surface area (Å²) in [4.78, 5) is 0. The van der Waals surface area contributed by atoms with Gasteiger partial charge < -0.3 is 0 Å². The summed E-state index contributed by atoms with van der Waals surface area (Å²) in [6.45, 7) is 0. The molecule has 0 saturated heterocycles. The molecule has 0 aromatic heterocycles. The van der Waals surface area contributed by atoms with E-state index < -0.39 is 17.0 Å². The summed E-state index contributed by atoms with van der Waals surface area (Å²) in [6.07, 6.45) is 1.69. The fraction of sp³-hybridized carbons (Fsp3) is 0.188. The van der Waals surface area contributed by atoms with Crippen LogP contribution in [0.4, 0.5) is 8.78 Å². The maximum Gasteiger partial charge on any atom is 0.133 e. The van der Waals surface area contributed by atoms with Gasteiger partial charge in [0.25, 0.3) is 0 Å². The first-order chi connectivity index (χ1) is 9.14. The fourth-order valence-corrected chi connectivity index (χ4v) is 2.30. The topological polar surface area (TPSA) is 23.8 Å². The number of rotatable bonds is 2. The number of halogens is 2. The van der Waals surface area contributed by atoms with Crippen LogP contribution in [0.15, 0.2) is 42.5 Å². The lowest BCUT2D eigenvalue weighted by atomic mass is 9.93. The Balaban J connectivity index is 2.07. The maximum absolute atomic E-state index is 13.8. The summed E-state index contributed by atoms with van der Waals surface area (Å²) < 4.78 is 26.7. The molecule has 0 bridgehead atoms. The van der Waals surface area contributed by atoms with Crippen molar-refractivity contribution in [3.05, 3.63) is 59.7 Å². The van der Waals surface area contributed by atoms with Crippen LogP contribution in [0.5, 0.6) is 0 Å². The van der Waals surface area contributed by atoms with Gasteiger partial charge in [-0.2, -0.15) is 5.26 Å². The molecule has 94 valence electrons. The highest BCUT2D eigenvalue weighted by atomic mass is 19.1. The van der Waals surface area contributed by atoms with E-state index in [1.165, 1.54) is 12.1 Å². The third-order valence-corrected chi connectivity index (χ3v) is 3.62. The Kier molecular flexibility index (Phi) is 2.60. The predicted octanol–water partition coefficient (Wildman–Crippen LogP) is 4.19. The second-order valence-electron chi connectivity index (χ2n) is 4.90. The molecule has 3 heteroatoms. The molecule has 1 nitrogen and oxygen atoms in total. The molecule has 0 N–H and O–H groups in total. The molecule has 0 atom stereocenters. The van der Waals surface area contributed by atoms with E-state index in [2.05, 4.69) is 6.07 Å². The molecule has 0 spiro atoms. The third-order valence-electron chi connectivity index (χ3n) is 3.62. The van der Waals surface area contributed by atoms with E-state index in [-0.39, 0.29) is 0 Å². The largest absolute Gasteiger partial charge is 0.207 e. The summed E-state index contributed by atoms with van der Waals surface area (Å²) in [6, 6.07) is 13.2. The number of hydrogen-bond donors (Lipinski definition) is 0. The number of benzene rings is 2. The minimum atomic E-state index is -0.590. The van der Waals surface area contributed by atoms with Crippen molar-refractivity contribution in [3.63, 3.8) is 0 Å². The van der Waals surface area contributed by atoms with Gasteiger partial charge in [-0.3, -0.25) is 0 Å². The normalized spacial score (nSPS) is 15.8. The molecular weight excluding hydrogens is 244 g/mol. The summed E-state index contributed by atoms with van der Waals surface area (Å²) in [5.74, 6) is -1.17. The van der Waals surface area contributed by atoms with Gasteiger partial charge in [-0.05, 0) is 42.2 Å². The lowest BCUT2D eigenvalue weighted by Gasteiger charge is -2.09. The number of hydrogen-bond acceptors (Lipinski definition) is 1. The van der Waals surface area contributed by atoms with Gasteiger partial charge in [0, 0.05) is 11.6 Å². The van der Waals surface area contributed by atoms with Gasteiger partial charge in [-0.1, -0.05) is 18.2 Å². The molecule has 2 aromatic rings. The van der Waals surface area contributed by atoms with E-state index in [4.69, 9.17) is 0 Å². The zero-order chi connectivity index (χ0) is 13.5. The summed E-state index contributed by atoms with van der Waals surface area (Å²) in [5, 5.41) is 9.19. The van der Waals surface area contributed by atoms with E-state index >= 15 is 0 Å². The summed E-state index contributed by atoms with van der Waals surface area (Å²) in [5.41, 5.74) is 1.55. The Bertz CT molecular complexity index is 681. The SMILES string of the molecule is N#CC1(c2cccc(-c3ccc(F)cc3F)c2)CC1. The van der Waals surface area contributed by atoms with Crippen LogP contribution in [0.2, 0.25) is 0 Å². The average Bonchev–Trinajstić information content (AvgIpc) is 3.20. The van der Waals surface area contributed by atoms with Crippen molar-refractivity contribution in [2.24, 2.45) is 0 Å². The van der Waals surface area contributed by atoms with E-state index in [0.717, 1.165) is 24.5 Å². The highest BCUT2D eigenvalue weighted by Gasteiger charge is 2.44. The van der Waals surface area contributed by atoms with Gasteiger partial charge in [0.2, 0.25) is 0 Å². The molecule has 0 radical (unpaired) electrons. The molecule has 19 heavy (non-hydrogen) atoms. The second-order valence-corrected chi connectivity index (χ2v) is 4.90. The zero-order valence-corrected chi connectivity index (χ0v) is 10.2. The van der Waals surface area contributed by atoms with Crippen molar-refractivity contribution in [1.82, 2.24) is 0 Å². The lowest BCUT2D eigenvalue weighted by molar-refractivity contribution is 0.585. The molecular formula is C16H11F2N. The van der Waals surface area contributed by atoms with Gasteiger partial charge >= 0.3 is 0 Å².